The van der Waals surface area contributed by atoms with E-state index in [-0.39, 0.29) is 40.7 Å². The highest BCUT2D eigenvalue weighted by Gasteiger charge is 2.31. The molecular formula is C16H15ClO5. The Morgan fingerprint density at radius 2 is 2.14 bits per heavy atom. The lowest BCUT2D eigenvalue weighted by Gasteiger charge is -2.24. The Bertz CT molecular complexity index is 808. The van der Waals surface area contributed by atoms with Gasteiger partial charge in [0, 0.05) is 18.6 Å². The average Bonchev–Trinajstić information content (AvgIpc) is 2.46. The summed E-state index contributed by atoms with van der Waals surface area (Å²) in [4.78, 5) is 24.2. The second-order valence-electron chi connectivity index (χ2n) is 5.34. The lowest BCUT2D eigenvalue weighted by molar-refractivity contribution is 0.0874. The second-order valence-corrected chi connectivity index (χ2v) is 5.64. The number of hydrogen-bond acceptors (Lipinski definition) is 5. The van der Waals surface area contributed by atoms with Gasteiger partial charge in [0.25, 0.3) is 0 Å². The van der Waals surface area contributed by atoms with Gasteiger partial charge in [-0.15, -0.1) is 11.6 Å². The lowest BCUT2D eigenvalue weighted by atomic mass is 9.95. The third-order valence-corrected chi connectivity index (χ3v) is 4.06. The zero-order chi connectivity index (χ0) is 15.9. The van der Waals surface area contributed by atoms with E-state index < -0.39 is 11.7 Å². The molecule has 0 radical (unpaired) electrons. The van der Waals surface area contributed by atoms with E-state index in [2.05, 4.69) is 0 Å². The highest BCUT2D eigenvalue weighted by molar-refractivity contribution is 6.19. The van der Waals surface area contributed by atoms with Crippen LogP contribution in [0.25, 0.3) is 11.0 Å². The van der Waals surface area contributed by atoms with E-state index in [0.29, 0.717) is 17.4 Å². The Hall–Kier alpha value is -2.01. The molecule has 0 bridgehead atoms. The predicted octanol–water partition coefficient (Wildman–Crippen LogP) is 3.02. The zero-order valence-corrected chi connectivity index (χ0v) is 12.8. The van der Waals surface area contributed by atoms with Crippen LogP contribution in [0.2, 0.25) is 0 Å². The molecule has 1 unspecified atom stereocenters. The molecule has 6 heteroatoms. The van der Waals surface area contributed by atoms with Crippen molar-refractivity contribution in [2.24, 2.45) is 0 Å². The topological polar surface area (TPSA) is 76.7 Å². The van der Waals surface area contributed by atoms with Crippen LogP contribution in [0.1, 0.15) is 35.7 Å². The number of halogens is 1. The van der Waals surface area contributed by atoms with Crippen molar-refractivity contribution in [3.63, 3.8) is 0 Å². The van der Waals surface area contributed by atoms with E-state index in [1.54, 1.807) is 0 Å². The monoisotopic (exact) mass is 322 g/mol. The largest absolute Gasteiger partial charge is 0.507 e. The van der Waals surface area contributed by atoms with Crippen LogP contribution in [0.4, 0.5) is 0 Å². The molecule has 0 saturated heterocycles. The van der Waals surface area contributed by atoms with E-state index in [1.807, 2.05) is 6.92 Å². The summed E-state index contributed by atoms with van der Waals surface area (Å²) in [6, 6.07) is 2.75. The number of phenols is 1. The number of Topliss-reactive ketones (excluding diaryl/α,β-unsaturated/α-hetero) is 1. The van der Waals surface area contributed by atoms with Gasteiger partial charge in [-0.2, -0.15) is 0 Å². The van der Waals surface area contributed by atoms with Gasteiger partial charge in [0.2, 0.25) is 0 Å². The number of carbonyl (C=O) groups excluding carboxylic acids is 1. The molecule has 1 aliphatic rings. The SMILES string of the molecule is CCCc1cc(=O)oc2c3c(cc(O)c12)OC(CCl)CC3=O. The van der Waals surface area contributed by atoms with Crippen LogP contribution in [0.5, 0.6) is 11.5 Å². The summed E-state index contributed by atoms with van der Waals surface area (Å²) in [5, 5.41) is 10.7. The number of aromatic hydroxyl groups is 1. The van der Waals surface area contributed by atoms with Gasteiger partial charge in [-0.05, 0) is 12.0 Å². The Balaban J connectivity index is 2.34. The smallest absolute Gasteiger partial charge is 0.336 e. The zero-order valence-electron chi connectivity index (χ0n) is 12.0. The van der Waals surface area contributed by atoms with Crippen LogP contribution < -0.4 is 10.4 Å². The Labute approximate surface area is 131 Å². The summed E-state index contributed by atoms with van der Waals surface area (Å²) >= 11 is 5.75. The van der Waals surface area contributed by atoms with Crippen molar-refractivity contribution in [1.82, 2.24) is 0 Å². The van der Waals surface area contributed by atoms with Gasteiger partial charge in [0.15, 0.2) is 11.4 Å². The minimum atomic E-state index is -0.545. The molecule has 22 heavy (non-hydrogen) atoms. The third-order valence-electron chi connectivity index (χ3n) is 3.72. The van der Waals surface area contributed by atoms with Crippen molar-refractivity contribution >= 4 is 28.4 Å². The van der Waals surface area contributed by atoms with E-state index >= 15 is 0 Å². The number of ether oxygens (including phenoxy) is 1. The van der Waals surface area contributed by atoms with Crippen LogP contribution >= 0.6 is 11.6 Å². The first kappa shape index (κ1) is 14.9. The number of hydrogen-bond donors (Lipinski definition) is 1. The maximum Gasteiger partial charge on any atom is 0.336 e. The van der Waals surface area contributed by atoms with Gasteiger partial charge in [0.05, 0.1) is 11.3 Å². The fraction of sp³-hybridized carbons (Fsp3) is 0.375. The molecule has 0 fully saturated rings. The van der Waals surface area contributed by atoms with Crippen molar-refractivity contribution in [1.29, 1.82) is 0 Å². The Kier molecular flexibility index (Phi) is 3.83. The van der Waals surface area contributed by atoms with Crippen molar-refractivity contribution in [3.05, 3.63) is 33.7 Å². The molecule has 116 valence electrons. The second kappa shape index (κ2) is 5.65. The van der Waals surface area contributed by atoms with Crippen molar-refractivity contribution in [2.75, 3.05) is 5.88 Å². The normalized spacial score (nSPS) is 17.4. The molecule has 0 saturated carbocycles. The van der Waals surface area contributed by atoms with E-state index in [0.717, 1.165) is 6.42 Å². The van der Waals surface area contributed by atoms with Crippen molar-refractivity contribution in [2.45, 2.75) is 32.3 Å². The summed E-state index contributed by atoms with van der Waals surface area (Å²) in [5.74, 6) is 0.116. The molecule has 0 amide bonds. The fourth-order valence-electron chi connectivity index (χ4n) is 2.82. The summed E-state index contributed by atoms with van der Waals surface area (Å²) in [5.41, 5.74) is 0.436. The molecule has 0 aliphatic carbocycles. The fourth-order valence-corrected chi connectivity index (χ4v) is 2.99. The molecule has 1 aliphatic heterocycles. The van der Waals surface area contributed by atoms with E-state index in [4.69, 9.17) is 20.8 Å². The number of benzene rings is 1. The number of fused-ring (bicyclic) bond motifs is 3. The van der Waals surface area contributed by atoms with Crippen LogP contribution in [0.3, 0.4) is 0 Å². The van der Waals surface area contributed by atoms with E-state index in [9.17, 15) is 14.7 Å². The summed E-state index contributed by atoms with van der Waals surface area (Å²) < 4.78 is 10.8. The average molecular weight is 323 g/mol. The molecule has 2 heterocycles. The minimum Gasteiger partial charge on any atom is -0.507 e. The first-order valence-corrected chi connectivity index (χ1v) is 7.67. The number of ketones is 1. The standard InChI is InChI=1S/C16H15ClO5/c1-2-3-8-4-13(20)22-16-14(8)11(19)6-12-15(16)10(18)5-9(7-17)21-12/h4,6,9,19H,2-3,5,7H2,1H3. The summed E-state index contributed by atoms with van der Waals surface area (Å²) in [6.07, 6.45) is 1.09. The molecule has 1 aromatic heterocycles. The molecule has 5 nitrogen and oxygen atoms in total. The molecular weight excluding hydrogens is 308 g/mol. The molecule has 1 aromatic carbocycles. The van der Waals surface area contributed by atoms with Gasteiger partial charge < -0.3 is 14.3 Å². The quantitative estimate of drug-likeness (QED) is 0.694. The molecule has 0 spiro atoms. The summed E-state index contributed by atoms with van der Waals surface area (Å²) in [7, 11) is 0. The number of alkyl halides is 1. The molecule has 1 atom stereocenters. The number of rotatable bonds is 3. The van der Waals surface area contributed by atoms with Gasteiger partial charge >= 0.3 is 5.63 Å². The highest BCUT2D eigenvalue weighted by atomic mass is 35.5. The van der Waals surface area contributed by atoms with Crippen LogP contribution in [0, 0.1) is 0 Å². The van der Waals surface area contributed by atoms with Gasteiger partial charge in [-0.1, -0.05) is 13.3 Å². The van der Waals surface area contributed by atoms with Crippen LogP contribution in [0.15, 0.2) is 21.3 Å². The predicted molar refractivity (Wildman–Crippen MR) is 82.2 cm³/mol. The molecule has 3 rings (SSSR count). The van der Waals surface area contributed by atoms with Gasteiger partial charge in [-0.3, -0.25) is 4.79 Å². The molecule has 1 N–H and O–H groups in total. The van der Waals surface area contributed by atoms with Crippen molar-refractivity contribution < 1.29 is 19.1 Å². The lowest BCUT2D eigenvalue weighted by Crippen LogP contribution is -2.28. The maximum absolute atomic E-state index is 12.4. The van der Waals surface area contributed by atoms with Gasteiger partial charge in [-0.25, -0.2) is 4.79 Å². The Morgan fingerprint density at radius 3 is 2.82 bits per heavy atom. The number of carbonyl (C=O) groups is 1. The first-order valence-electron chi connectivity index (χ1n) is 7.13. The number of aryl methyl sites for hydroxylation is 1. The van der Waals surface area contributed by atoms with Gasteiger partial charge in [0.1, 0.15) is 23.2 Å². The minimum absolute atomic E-state index is 0.0658. The van der Waals surface area contributed by atoms with E-state index in [1.165, 1.54) is 12.1 Å². The van der Waals surface area contributed by atoms with Crippen LogP contribution in [-0.2, 0) is 6.42 Å². The summed E-state index contributed by atoms with van der Waals surface area (Å²) in [6.45, 7) is 1.97. The first-order chi connectivity index (χ1) is 10.5. The van der Waals surface area contributed by atoms with Crippen molar-refractivity contribution in [3.8, 4) is 11.5 Å². The number of phenolic OH excluding ortho intramolecular Hbond substituents is 1. The Morgan fingerprint density at radius 1 is 1.36 bits per heavy atom. The van der Waals surface area contributed by atoms with Crippen LogP contribution in [-0.4, -0.2) is 22.9 Å². The molecule has 2 aromatic rings. The third kappa shape index (κ3) is 2.35. The highest BCUT2D eigenvalue weighted by Crippen LogP contribution is 2.40. The maximum atomic E-state index is 12.4.